The maximum atomic E-state index is 12.7. The molecule has 0 atom stereocenters. The Balaban J connectivity index is 3.13. The average Bonchev–Trinajstić information content (AvgIpc) is 2.35. The van der Waals surface area contributed by atoms with E-state index in [2.05, 4.69) is 15.9 Å². The minimum absolute atomic E-state index is 0.125. The fraction of sp³-hybridized carbons (Fsp3) is 0.167. The summed E-state index contributed by atoms with van der Waals surface area (Å²) in [4.78, 5) is 10.1. The van der Waals surface area contributed by atoms with Crippen molar-refractivity contribution in [1.82, 2.24) is 0 Å². The summed E-state index contributed by atoms with van der Waals surface area (Å²) >= 11 is 3.86. The third-order valence-corrected chi connectivity index (χ3v) is 2.92. The number of alkyl halides is 2. The molecule has 0 spiro atoms. The predicted molar refractivity (Wildman–Crippen MR) is 43.5 cm³/mol. The minimum Gasteiger partial charge on any atom is -0.477 e. The van der Waals surface area contributed by atoms with Gasteiger partial charge in [-0.1, -0.05) is 0 Å². The number of hydrogen-bond donors (Lipinski definition) is 1. The summed E-state index contributed by atoms with van der Waals surface area (Å²) in [5, 5.41) is 10.7. The van der Waals surface area contributed by atoms with E-state index in [9.17, 15) is 13.6 Å². The van der Waals surface area contributed by atoms with E-state index in [1.807, 2.05) is 0 Å². The molecule has 0 amide bonds. The summed E-state index contributed by atoms with van der Waals surface area (Å²) < 4.78 is 25.6. The highest BCUT2D eigenvalue weighted by Gasteiger charge is 2.42. The number of halogens is 3. The molecule has 0 saturated heterocycles. The van der Waals surface area contributed by atoms with E-state index in [1.165, 1.54) is 5.38 Å². The molecule has 66 valence electrons. The van der Waals surface area contributed by atoms with Crippen LogP contribution in [0.25, 0.3) is 0 Å². The number of carbonyl (C=O) groups is 1. The monoisotopic (exact) mass is 256 g/mol. The number of thiophene rings is 1. The molecule has 1 aromatic heterocycles. The van der Waals surface area contributed by atoms with Crippen LogP contribution in [0.3, 0.4) is 0 Å². The molecule has 1 N–H and O–H groups in total. The van der Waals surface area contributed by atoms with Crippen LogP contribution in [0.1, 0.15) is 5.56 Å². The van der Waals surface area contributed by atoms with Gasteiger partial charge in [-0.15, -0.1) is 0 Å². The lowest BCUT2D eigenvalue weighted by molar-refractivity contribution is -0.166. The Bertz CT molecular complexity index is 310. The summed E-state index contributed by atoms with van der Waals surface area (Å²) in [6, 6.07) is 0. The molecule has 0 aliphatic heterocycles. The smallest absolute Gasteiger partial charge is 0.379 e. The van der Waals surface area contributed by atoms with Crippen LogP contribution >= 0.6 is 27.3 Å². The lowest BCUT2D eigenvalue weighted by Crippen LogP contribution is -2.24. The lowest BCUT2D eigenvalue weighted by atomic mass is 10.2. The van der Waals surface area contributed by atoms with Gasteiger partial charge in [0.15, 0.2) is 0 Å². The van der Waals surface area contributed by atoms with E-state index in [1.54, 1.807) is 0 Å². The van der Waals surface area contributed by atoms with Crippen LogP contribution in [-0.2, 0) is 10.7 Å². The molecule has 0 bridgehead atoms. The zero-order valence-electron chi connectivity index (χ0n) is 5.55. The second-order valence-electron chi connectivity index (χ2n) is 2.01. The molecule has 0 aromatic carbocycles. The maximum Gasteiger partial charge on any atom is 0.379 e. The Morgan fingerprint density at radius 3 is 2.50 bits per heavy atom. The third-order valence-electron chi connectivity index (χ3n) is 1.22. The molecular formula is C6H3BrF2O2S. The van der Waals surface area contributed by atoms with Crippen LogP contribution in [0, 0.1) is 0 Å². The van der Waals surface area contributed by atoms with Crippen molar-refractivity contribution in [2.45, 2.75) is 5.92 Å². The highest BCUT2D eigenvalue weighted by atomic mass is 79.9. The first-order chi connectivity index (χ1) is 5.46. The maximum absolute atomic E-state index is 12.7. The molecule has 0 fully saturated rings. The number of carboxylic acids is 1. The summed E-state index contributed by atoms with van der Waals surface area (Å²) in [7, 11) is 0. The predicted octanol–water partition coefficient (Wildman–Crippen LogP) is 2.69. The third kappa shape index (κ3) is 1.49. The van der Waals surface area contributed by atoms with Crippen molar-refractivity contribution in [2.75, 3.05) is 0 Å². The molecule has 2 nitrogen and oxygen atoms in total. The summed E-state index contributed by atoms with van der Waals surface area (Å²) in [5.41, 5.74) is -0.500. The van der Waals surface area contributed by atoms with Crippen molar-refractivity contribution in [3.8, 4) is 0 Å². The van der Waals surface area contributed by atoms with Crippen molar-refractivity contribution >= 4 is 33.2 Å². The number of rotatable bonds is 2. The van der Waals surface area contributed by atoms with Gasteiger partial charge in [-0.2, -0.15) is 20.1 Å². The van der Waals surface area contributed by atoms with Crippen molar-refractivity contribution in [3.63, 3.8) is 0 Å². The van der Waals surface area contributed by atoms with Gasteiger partial charge in [0.1, 0.15) is 0 Å². The summed E-state index contributed by atoms with van der Waals surface area (Å²) in [6.45, 7) is 0. The Morgan fingerprint density at radius 2 is 2.17 bits per heavy atom. The van der Waals surface area contributed by atoms with Gasteiger partial charge in [0, 0.05) is 15.2 Å². The van der Waals surface area contributed by atoms with E-state index >= 15 is 0 Å². The van der Waals surface area contributed by atoms with Crippen LogP contribution in [0.15, 0.2) is 15.2 Å². The Labute approximate surface area is 79.0 Å². The first kappa shape index (κ1) is 9.60. The van der Waals surface area contributed by atoms with E-state index in [4.69, 9.17) is 5.11 Å². The zero-order chi connectivity index (χ0) is 9.35. The Kier molecular flexibility index (Phi) is 2.48. The van der Waals surface area contributed by atoms with Crippen LogP contribution in [0.2, 0.25) is 0 Å². The van der Waals surface area contributed by atoms with Gasteiger partial charge in [-0.05, 0) is 15.9 Å². The highest BCUT2D eigenvalue weighted by molar-refractivity contribution is 9.10. The number of aliphatic carboxylic acids is 1. The van der Waals surface area contributed by atoms with Gasteiger partial charge < -0.3 is 5.11 Å². The van der Waals surface area contributed by atoms with Crippen LogP contribution < -0.4 is 0 Å². The Morgan fingerprint density at radius 1 is 1.58 bits per heavy atom. The molecule has 1 heterocycles. The second-order valence-corrected chi connectivity index (χ2v) is 3.61. The molecule has 1 aromatic rings. The van der Waals surface area contributed by atoms with Crippen LogP contribution in [-0.4, -0.2) is 11.1 Å². The largest absolute Gasteiger partial charge is 0.477 e. The summed E-state index contributed by atoms with van der Waals surface area (Å²) in [5.74, 6) is -5.94. The quantitative estimate of drug-likeness (QED) is 0.884. The normalized spacial score (nSPS) is 11.6. The molecule has 0 unspecified atom stereocenters. The lowest BCUT2D eigenvalue weighted by Gasteiger charge is -2.08. The van der Waals surface area contributed by atoms with Crippen molar-refractivity contribution in [2.24, 2.45) is 0 Å². The minimum atomic E-state index is -3.81. The van der Waals surface area contributed by atoms with E-state index in [-0.39, 0.29) is 4.47 Å². The van der Waals surface area contributed by atoms with Crippen LogP contribution in [0.4, 0.5) is 8.78 Å². The number of hydrogen-bond acceptors (Lipinski definition) is 2. The first-order valence-electron chi connectivity index (χ1n) is 2.79. The second kappa shape index (κ2) is 3.10. The van der Waals surface area contributed by atoms with Gasteiger partial charge in [0.05, 0.1) is 5.56 Å². The molecule has 6 heteroatoms. The average molecular weight is 257 g/mol. The van der Waals surface area contributed by atoms with Gasteiger partial charge >= 0.3 is 11.9 Å². The fourth-order valence-electron chi connectivity index (χ4n) is 0.621. The van der Waals surface area contributed by atoms with Gasteiger partial charge in [0.25, 0.3) is 0 Å². The molecular weight excluding hydrogens is 254 g/mol. The fourth-order valence-corrected chi connectivity index (χ4v) is 2.19. The molecule has 0 aliphatic carbocycles. The van der Waals surface area contributed by atoms with Crippen molar-refractivity contribution in [1.29, 1.82) is 0 Å². The van der Waals surface area contributed by atoms with E-state index < -0.39 is 17.5 Å². The van der Waals surface area contributed by atoms with Crippen molar-refractivity contribution < 1.29 is 18.7 Å². The molecule has 1 rings (SSSR count). The standard InChI is InChI=1S/C6H3BrF2O2S/c7-4-2-12-1-3(4)6(8,9)5(10)11/h1-2H,(H,10,11). The molecule has 0 saturated carbocycles. The Hall–Kier alpha value is -0.490. The van der Waals surface area contributed by atoms with Crippen molar-refractivity contribution in [3.05, 3.63) is 20.8 Å². The molecule has 12 heavy (non-hydrogen) atoms. The first-order valence-corrected chi connectivity index (χ1v) is 4.53. The topological polar surface area (TPSA) is 37.3 Å². The van der Waals surface area contributed by atoms with Crippen LogP contribution in [0.5, 0.6) is 0 Å². The molecule has 0 radical (unpaired) electrons. The van der Waals surface area contributed by atoms with Gasteiger partial charge in [-0.3, -0.25) is 0 Å². The highest BCUT2D eigenvalue weighted by Crippen LogP contribution is 2.35. The van der Waals surface area contributed by atoms with E-state index in [0.29, 0.717) is 0 Å². The van der Waals surface area contributed by atoms with E-state index in [0.717, 1.165) is 16.7 Å². The van der Waals surface area contributed by atoms with Gasteiger partial charge in [0.2, 0.25) is 0 Å². The zero-order valence-corrected chi connectivity index (χ0v) is 7.95. The summed E-state index contributed by atoms with van der Waals surface area (Å²) in [6.07, 6.45) is 0. The number of carboxylic acid groups (broad SMARTS) is 1. The van der Waals surface area contributed by atoms with Gasteiger partial charge in [-0.25, -0.2) is 4.79 Å². The molecule has 0 aliphatic rings. The SMILES string of the molecule is O=C(O)C(F)(F)c1cscc1Br.